The highest BCUT2D eigenvalue weighted by Gasteiger charge is 2.06. The number of nitrogens with zero attached hydrogens (tertiary/aromatic N) is 1. The van der Waals surface area contributed by atoms with Crippen LogP contribution in [0.5, 0.6) is 5.75 Å². The minimum absolute atomic E-state index is 0.147. The van der Waals surface area contributed by atoms with Gasteiger partial charge in [0, 0.05) is 12.6 Å². The highest BCUT2D eigenvalue weighted by atomic mass is 16.3. The van der Waals surface area contributed by atoms with Gasteiger partial charge >= 0.3 is 0 Å². The molecule has 0 aliphatic rings. The molecule has 0 aliphatic carbocycles. The Bertz CT molecular complexity index is 584. The van der Waals surface area contributed by atoms with Gasteiger partial charge in [0.25, 0.3) is 11.5 Å². The lowest BCUT2D eigenvalue weighted by Gasteiger charge is -2.04. The molecule has 0 bridgehead atoms. The topological polar surface area (TPSA) is 95.1 Å². The lowest BCUT2D eigenvalue weighted by Crippen LogP contribution is -2.25. The van der Waals surface area contributed by atoms with Gasteiger partial charge < -0.3 is 10.4 Å². The largest absolute Gasteiger partial charge is 0.508 e. The van der Waals surface area contributed by atoms with Gasteiger partial charge in [-0.15, -0.1) is 0 Å². The number of aromatic hydroxyl groups is 1. The number of aromatic amines is 1. The van der Waals surface area contributed by atoms with E-state index in [1.165, 1.54) is 12.1 Å². The van der Waals surface area contributed by atoms with Crippen LogP contribution in [0, 0.1) is 0 Å². The van der Waals surface area contributed by atoms with E-state index in [2.05, 4.69) is 15.5 Å². The number of hydrogen-bond acceptors (Lipinski definition) is 4. The molecule has 0 saturated heterocycles. The Balaban J connectivity index is 1.98. The summed E-state index contributed by atoms with van der Waals surface area (Å²) in [6.45, 7) is 0.319. The van der Waals surface area contributed by atoms with Gasteiger partial charge in [-0.05, 0) is 23.8 Å². The summed E-state index contributed by atoms with van der Waals surface area (Å²) in [4.78, 5) is 22.4. The van der Waals surface area contributed by atoms with Crippen molar-refractivity contribution in [3.8, 4) is 5.75 Å². The van der Waals surface area contributed by atoms with Crippen LogP contribution >= 0.6 is 0 Å². The Morgan fingerprint density at radius 2 is 1.94 bits per heavy atom. The Hall–Kier alpha value is -2.63. The average Bonchev–Trinajstić information content (AvgIpc) is 2.38. The number of rotatable bonds is 3. The van der Waals surface area contributed by atoms with Crippen molar-refractivity contribution in [3.05, 3.63) is 58.0 Å². The fourth-order valence-corrected chi connectivity index (χ4v) is 1.36. The van der Waals surface area contributed by atoms with E-state index >= 15 is 0 Å². The van der Waals surface area contributed by atoms with Crippen molar-refractivity contribution < 1.29 is 9.90 Å². The number of hydrogen-bond donors (Lipinski definition) is 3. The van der Waals surface area contributed by atoms with E-state index in [9.17, 15) is 9.59 Å². The van der Waals surface area contributed by atoms with Crippen molar-refractivity contribution in [2.24, 2.45) is 0 Å². The predicted molar refractivity (Wildman–Crippen MR) is 64.1 cm³/mol. The number of phenols is 1. The van der Waals surface area contributed by atoms with Crippen molar-refractivity contribution in [1.29, 1.82) is 0 Å². The van der Waals surface area contributed by atoms with Gasteiger partial charge in [0.2, 0.25) is 0 Å². The first-order chi connectivity index (χ1) is 8.65. The first kappa shape index (κ1) is 11.8. The first-order valence-electron chi connectivity index (χ1n) is 5.27. The summed E-state index contributed by atoms with van der Waals surface area (Å²) in [6, 6.07) is 9.08. The van der Waals surface area contributed by atoms with Crippen molar-refractivity contribution in [2.45, 2.75) is 6.54 Å². The number of benzene rings is 1. The van der Waals surface area contributed by atoms with E-state index in [-0.39, 0.29) is 22.9 Å². The number of nitrogens with one attached hydrogen (secondary N) is 2. The Kier molecular flexibility index (Phi) is 3.38. The molecule has 6 nitrogen and oxygen atoms in total. The second-order valence-corrected chi connectivity index (χ2v) is 3.66. The Morgan fingerprint density at radius 1 is 1.22 bits per heavy atom. The van der Waals surface area contributed by atoms with Crippen LogP contribution in [0.3, 0.4) is 0 Å². The highest BCUT2D eigenvalue weighted by Crippen LogP contribution is 2.09. The smallest absolute Gasteiger partial charge is 0.271 e. The zero-order valence-electron chi connectivity index (χ0n) is 9.38. The molecule has 3 N–H and O–H groups in total. The normalized spacial score (nSPS) is 10.0. The van der Waals surface area contributed by atoms with Crippen molar-refractivity contribution in [1.82, 2.24) is 15.5 Å². The number of aromatic nitrogens is 2. The van der Waals surface area contributed by atoms with Crippen LogP contribution in [-0.4, -0.2) is 21.2 Å². The number of phenolic OH excluding ortho intramolecular Hbond substituents is 1. The molecule has 1 aromatic heterocycles. The van der Waals surface area contributed by atoms with Crippen LogP contribution in [0.2, 0.25) is 0 Å². The van der Waals surface area contributed by atoms with E-state index in [0.717, 1.165) is 5.56 Å². The van der Waals surface area contributed by atoms with Crippen molar-refractivity contribution in [3.63, 3.8) is 0 Å². The quantitative estimate of drug-likeness (QED) is 0.729. The molecule has 0 saturated carbocycles. The molecular formula is C12H11N3O3. The summed E-state index contributed by atoms with van der Waals surface area (Å²) >= 11 is 0. The van der Waals surface area contributed by atoms with Gasteiger partial charge in [0.15, 0.2) is 0 Å². The number of amides is 1. The summed E-state index contributed by atoms with van der Waals surface area (Å²) in [7, 11) is 0. The van der Waals surface area contributed by atoms with Crippen LogP contribution < -0.4 is 10.9 Å². The minimum atomic E-state index is -0.376. The standard InChI is InChI=1S/C12H11N3O3/c16-9-3-1-8(2-4-9)7-13-12(18)10-5-6-11(17)15-14-10/h1-6,16H,7H2,(H,13,18)(H,15,17). The molecule has 1 heterocycles. The van der Waals surface area contributed by atoms with E-state index in [4.69, 9.17) is 5.11 Å². The first-order valence-corrected chi connectivity index (χ1v) is 5.27. The van der Waals surface area contributed by atoms with Crippen LogP contribution in [0.4, 0.5) is 0 Å². The fraction of sp³-hybridized carbons (Fsp3) is 0.0833. The molecule has 1 aromatic carbocycles. The zero-order valence-corrected chi connectivity index (χ0v) is 9.38. The molecule has 0 fully saturated rings. The third kappa shape index (κ3) is 2.94. The van der Waals surface area contributed by atoms with Crippen LogP contribution in [-0.2, 0) is 6.54 Å². The molecular weight excluding hydrogens is 234 g/mol. The lowest BCUT2D eigenvalue weighted by atomic mass is 10.2. The van der Waals surface area contributed by atoms with Gasteiger partial charge in [0.1, 0.15) is 11.4 Å². The maximum atomic E-state index is 11.7. The lowest BCUT2D eigenvalue weighted by molar-refractivity contribution is 0.0945. The SMILES string of the molecule is O=C(NCc1ccc(O)cc1)c1ccc(=O)[nH]n1. The van der Waals surface area contributed by atoms with Crippen molar-refractivity contribution in [2.75, 3.05) is 0 Å². The zero-order chi connectivity index (χ0) is 13.0. The summed E-state index contributed by atoms with van der Waals surface area (Å²) in [5.41, 5.74) is 0.643. The van der Waals surface area contributed by atoms with E-state index in [0.29, 0.717) is 6.54 Å². The molecule has 0 atom stereocenters. The average molecular weight is 245 g/mol. The molecule has 92 valence electrons. The molecule has 18 heavy (non-hydrogen) atoms. The minimum Gasteiger partial charge on any atom is -0.508 e. The van der Waals surface area contributed by atoms with Crippen LogP contribution in [0.15, 0.2) is 41.2 Å². The third-order valence-corrected chi connectivity index (χ3v) is 2.30. The van der Waals surface area contributed by atoms with Gasteiger partial charge in [-0.2, -0.15) is 5.10 Å². The van der Waals surface area contributed by atoms with Gasteiger partial charge in [-0.25, -0.2) is 5.10 Å². The monoisotopic (exact) mass is 245 g/mol. The Labute approximate surface area is 102 Å². The summed E-state index contributed by atoms with van der Waals surface area (Å²) in [6.07, 6.45) is 0. The molecule has 0 radical (unpaired) electrons. The molecule has 0 spiro atoms. The molecule has 0 unspecified atom stereocenters. The third-order valence-electron chi connectivity index (χ3n) is 2.30. The predicted octanol–water partition coefficient (Wildman–Crippen LogP) is 0.405. The molecule has 0 aliphatic heterocycles. The van der Waals surface area contributed by atoms with Crippen molar-refractivity contribution >= 4 is 5.91 Å². The van der Waals surface area contributed by atoms with Crippen LogP contribution in [0.1, 0.15) is 16.1 Å². The molecule has 2 rings (SSSR count). The molecule has 6 heteroatoms. The van der Waals surface area contributed by atoms with E-state index in [1.807, 2.05) is 0 Å². The van der Waals surface area contributed by atoms with E-state index < -0.39 is 0 Å². The summed E-state index contributed by atoms with van der Waals surface area (Å²) < 4.78 is 0. The van der Waals surface area contributed by atoms with E-state index in [1.54, 1.807) is 24.3 Å². The molecule has 1 amide bonds. The van der Waals surface area contributed by atoms with Gasteiger partial charge in [0.05, 0.1) is 0 Å². The maximum absolute atomic E-state index is 11.7. The number of carbonyl (C=O) groups is 1. The van der Waals surface area contributed by atoms with Gasteiger partial charge in [-0.1, -0.05) is 12.1 Å². The summed E-state index contributed by atoms with van der Waals surface area (Å²) in [5.74, 6) is -0.202. The maximum Gasteiger partial charge on any atom is 0.271 e. The Morgan fingerprint density at radius 3 is 2.56 bits per heavy atom. The van der Waals surface area contributed by atoms with Gasteiger partial charge in [-0.3, -0.25) is 9.59 Å². The highest BCUT2D eigenvalue weighted by molar-refractivity contribution is 5.91. The molecule has 2 aromatic rings. The second-order valence-electron chi connectivity index (χ2n) is 3.66. The number of carbonyl (C=O) groups excluding carboxylic acids is 1. The second kappa shape index (κ2) is 5.13. The fourth-order valence-electron chi connectivity index (χ4n) is 1.36. The van der Waals surface area contributed by atoms with Crippen LogP contribution in [0.25, 0.3) is 0 Å². The summed E-state index contributed by atoms with van der Waals surface area (Å²) in [5, 5.41) is 17.6. The number of H-pyrrole nitrogens is 1.